The fourth-order valence-electron chi connectivity index (χ4n) is 2.43. The molecule has 0 saturated carbocycles. The van der Waals surface area contributed by atoms with Crippen LogP contribution in [0.3, 0.4) is 0 Å². The van der Waals surface area contributed by atoms with Gasteiger partial charge < -0.3 is 15.0 Å². The van der Waals surface area contributed by atoms with Crippen LogP contribution in [-0.4, -0.2) is 23.0 Å². The zero-order valence-corrected chi connectivity index (χ0v) is 12.5. The van der Waals surface area contributed by atoms with Crippen LogP contribution < -0.4 is 10.1 Å². The van der Waals surface area contributed by atoms with Gasteiger partial charge in [0.1, 0.15) is 0 Å². The number of fused-ring (bicyclic) bond motifs is 1. The smallest absolute Gasteiger partial charge is 0.230 e. The first kappa shape index (κ1) is 14.1. The van der Waals surface area contributed by atoms with Crippen LogP contribution in [0, 0.1) is 6.92 Å². The number of rotatable bonds is 4. The Morgan fingerprint density at radius 2 is 2.09 bits per heavy atom. The molecule has 0 atom stereocenters. The van der Waals surface area contributed by atoms with E-state index in [-0.39, 0.29) is 12.3 Å². The van der Waals surface area contributed by atoms with Gasteiger partial charge in [0, 0.05) is 22.8 Å². The van der Waals surface area contributed by atoms with Crippen LogP contribution >= 0.6 is 0 Å². The summed E-state index contributed by atoms with van der Waals surface area (Å²) in [5, 5.41) is 3.87. The van der Waals surface area contributed by atoms with Gasteiger partial charge in [-0.25, -0.2) is 4.98 Å². The van der Waals surface area contributed by atoms with Crippen LogP contribution in [0.5, 0.6) is 5.75 Å². The van der Waals surface area contributed by atoms with Crippen molar-refractivity contribution >= 4 is 22.6 Å². The minimum absolute atomic E-state index is 0.124. The lowest BCUT2D eigenvalue weighted by molar-refractivity contribution is -0.115. The molecule has 0 fully saturated rings. The Morgan fingerprint density at radius 3 is 2.91 bits per heavy atom. The molecular formula is C17H17N3O2. The van der Waals surface area contributed by atoms with Gasteiger partial charge in [0.25, 0.3) is 0 Å². The van der Waals surface area contributed by atoms with Crippen LogP contribution in [0.25, 0.3) is 10.9 Å². The summed E-state index contributed by atoms with van der Waals surface area (Å²) in [5.41, 5.74) is 2.81. The lowest BCUT2D eigenvalue weighted by atomic mass is 10.1. The summed E-state index contributed by atoms with van der Waals surface area (Å²) < 4.78 is 5.22. The molecule has 3 aromatic rings. The van der Waals surface area contributed by atoms with E-state index in [2.05, 4.69) is 15.3 Å². The Kier molecular flexibility index (Phi) is 3.78. The molecule has 5 heteroatoms. The van der Waals surface area contributed by atoms with Crippen LogP contribution in [0.4, 0.5) is 5.82 Å². The second-order valence-corrected chi connectivity index (χ2v) is 5.09. The zero-order valence-electron chi connectivity index (χ0n) is 12.5. The van der Waals surface area contributed by atoms with E-state index in [1.54, 1.807) is 13.2 Å². The van der Waals surface area contributed by atoms with E-state index >= 15 is 0 Å². The van der Waals surface area contributed by atoms with Crippen LogP contribution in [0.15, 0.2) is 42.6 Å². The van der Waals surface area contributed by atoms with Crippen molar-refractivity contribution in [3.8, 4) is 5.75 Å². The summed E-state index contributed by atoms with van der Waals surface area (Å²) in [6.45, 7) is 1.87. The van der Waals surface area contributed by atoms with Crippen molar-refractivity contribution in [1.82, 2.24) is 9.97 Å². The molecule has 2 aromatic heterocycles. The van der Waals surface area contributed by atoms with Crippen molar-refractivity contribution in [2.45, 2.75) is 13.3 Å². The Bertz CT molecular complexity index is 824. The number of hydrogen-bond donors (Lipinski definition) is 2. The number of amides is 1. The molecule has 0 saturated heterocycles. The highest BCUT2D eigenvalue weighted by Crippen LogP contribution is 2.23. The van der Waals surface area contributed by atoms with Gasteiger partial charge in [-0.3, -0.25) is 4.79 Å². The molecule has 2 heterocycles. The van der Waals surface area contributed by atoms with Crippen molar-refractivity contribution in [1.29, 1.82) is 0 Å². The number of aryl methyl sites for hydroxylation is 1. The maximum absolute atomic E-state index is 12.3. The molecule has 0 spiro atoms. The van der Waals surface area contributed by atoms with Gasteiger partial charge in [0.05, 0.1) is 13.5 Å². The molecular weight excluding hydrogens is 278 g/mol. The predicted molar refractivity (Wildman–Crippen MR) is 86.2 cm³/mol. The second-order valence-electron chi connectivity index (χ2n) is 5.09. The molecule has 0 aliphatic rings. The van der Waals surface area contributed by atoms with Gasteiger partial charge >= 0.3 is 0 Å². The third-order valence-corrected chi connectivity index (χ3v) is 3.50. The largest absolute Gasteiger partial charge is 0.493 e. The third kappa shape index (κ3) is 2.79. The third-order valence-electron chi connectivity index (χ3n) is 3.50. The van der Waals surface area contributed by atoms with Crippen LogP contribution in [0.1, 0.15) is 11.3 Å². The summed E-state index contributed by atoms with van der Waals surface area (Å²) >= 11 is 0. The second kappa shape index (κ2) is 5.89. The SMILES string of the molecule is COc1ccc(C)nc1NC(=O)Cc1c[nH]c2ccccc12. The van der Waals surface area contributed by atoms with Gasteiger partial charge in [-0.05, 0) is 30.7 Å². The molecule has 0 unspecified atom stereocenters. The maximum Gasteiger partial charge on any atom is 0.230 e. The highest BCUT2D eigenvalue weighted by atomic mass is 16.5. The quantitative estimate of drug-likeness (QED) is 0.777. The van der Waals surface area contributed by atoms with Crippen LogP contribution in [-0.2, 0) is 11.2 Å². The van der Waals surface area contributed by atoms with Gasteiger partial charge in [-0.1, -0.05) is 18.2 Å². The van der Waals surface area contributed by atoms with E-state index in [0.717, 1.165) is 22.2 Å². The molecule has 1 amide bonds. The maximum atomic E-state index is 12.3. The predicted octanol–water partition coefficient (Wildman–Crippen LogP) is 3.06. The van der Waals surface area contributed by atoms with E-state index in [4.69, 9.17) is 4.74 Å². The van der Waals surface area contributed by atoms with E-state index < -0.39 is 0 Å². The fourth-order valence-corrected chi connectivity index (χ4v) is 2.43. The Hall–Kier alpha value is -2.82. The molecule has 0 radical (unpaired) electrons. The molecule has 0 aliphatic heterocycles. The Morgan fingerprint density at radius 1 is 1.27 bits per heavy atom. The van der Waals surface area contributed by atoms with E-state index in [0.29, 0.717) is 11.6 Å². The lowest BCUT2D eigenvalue weighted by Gasteiger charge is -2.09. The van der Waals surface area contributed by atoms with Gasteiger partial charge in [0.15, 0.2) is 11.6 Å². The number of para-hydroxylation sites is 1. The van der Waals surface area contributed by atoms with Crippen molar-refractivity contribution in [3.05, 3.63) is 53.9 Å². The first-order chi connectivity index (χ1) is 10.7. The molecule has 22 heavy (non-hydrogen) atoms. The van der Waals surface area contributed by atoms with E-state index in [9.17, 15) is 4.79 Å². The van der Waals surface area contributed by atoms with Gasteiger partial charge in [-0.15, -0.1) is 0 Å². The number of aromatic amines is 1. The standard InChI is InChI=1S/C17H17N3O2/c1-11-7-8-15(22-2)17(19-11)20-16(21)9-12-10-18-14-6-4-3-5-13(12)14/h3-8,10,18H,9H2,1-2H3,(H,19,20,21). The summed E-state index contributed by atoms with van der Waals surface area (Å²) in [6, 6.07) is 11.5. The first-order valence-corrected chi connectivity index (χ1v) is 7.04. The zero-order chi connectivity index (χ0) is 15.5. The first-order valence-electron chi connectivity index (χ1n) is 7.04. The highest BCUT2D eigenvalue weighted by Gasteiger charge is 2.12. The number of ether oxygens (including phenoxy) is 1. The van der Waals surface area contributed by atoms with Gasteiger partial charge in [-0.2, -0.15) is 0 Å². The number of pyridine rings is 1. The number of hydrogen-bond acceptors (Lipinski definition) is 3. The molecule has 112 valence electrons. The number of H-pyrrole nitrogens is 1. The Labute approximate surface area is 128 Å². The summed E-state index contributed by atoms with van der Waals surface area (Å²) in [6.07, 6.45) is 2.15. The van der Waals surface area contributed by atoms with Crippen molar-refractivity contribution < 1.29 is 9.53 Å². The molecule has 0 bridgehead atoms. The lowest BCUT2D eigenvalue weighted by Crippen LogP contribution is -2.16. The van der Waals surface area contributed by atoms with Crippen LogP contribution in [0.2, 0.25) is 0 Å². The number of nitrogens with one attached hydrogen (secondary N) is 2. The minimum Gasteiger partial charge on any atom is -0.493 e. The molecule has 0 aliphatic carbocycles. The number of aromatic nitrogens is 2. The summed E-state index contributed by atoms with van der Waals surface area (Å²) in [4.78, 5) is 19.8. The fraction of sp³-hybridized carbons (Fsp3) is 0.176. The number of carbonyl (C=O) groups excluding carboxylic acids is 1. The average Bonchev–Trinajstić information content (AvgIpc) is 2.91. The number of nitrogens with zero attached hydrogens (tertiary/aromatic N) is 1. The van der Waals surface area contributed by atoms with E-state index in [1.807, 2.05) is 43.5 Å². The van der Waals surface area contributed by atoms with Crippen molar-refractivity contribution in [3.63, 3.8) is 0 Å². The molecule has 3 rings (SSSR count). The number of methoxy groups -OCH3 is 1. The summed E-state index contributed by atoms with van der Waals surface area (Å²) in [5.74, 6) is 0.881. The van der Waals surface area contributed by atoms with Gasteiger partial charge in [0.2, 0.25) is 5.91 Å². The normalized spacial score (nSPS) is 10.6. The Balaban J connectivity index is 1.79. The number of carbonyl (C=O) groups is 1. The number of anilines is 1. The van der Waals surface area contributed by atoms with Crippen molar-refractivity contribution in [2.75, 3.05) is 12.4 Å². The molecule has 5 nitrogen and oxygen atoms in total. The average molecular weight is 295 g/mol. The highest BCUT2D eigenvalue weighted by molar-refractivity contribution is 5.96. The monoisotopic (exact) mass is 295 g/mol. The minimum atomic E-state index is -0.124. The summed E-state index contributed by atoms with van der Waals surface area (Å²) in [7, 11) is 1.56. The molecule has 2 N–H and O–H groups in total. The molecule has 1 aromatic carbocycles. The van der Waals surface area contributed by atoms with E-state index in [1.165, 1.54) is 0 Å². The number of benzene rings is 1. The van der Waals surface area contributed by atoms with Crippen molar-refractivity contribution in [2.24, 2.45) is 0 Å². The topological polar surface area (TPSA) is 67.0 Å².